The first-order chi connectivity index (χ1) is 20.3. The molecule has 7 nitrogen and oxygen atoms in total. The maximum atomic E-state index is 13.7. The molecule has 43 heavy (non-hydrogen) atoms. The van der Waals surface area contributed by atoms with Crippen LogP contribution in [0.2, 0.25) is 0 Å². The third-order valence-electron chi connectivity index (χ3n) is 8.22. The lowest BCUT2D eigenvalue weighted by atomic mass is 9.98. The number of hydrogen-bond donors (Lipinski definition) is 1. The van der Waals surface area contributed by atoms with E-state index in [1.165, 1.54) is 4.90 Å². The van der Waals surface area contributed by atoms with Crippen molar-refractivity contribution in [2.45, 2.75) is 31.2 Å². The first kappa shape index (κ1) is 30.9. The van der Waals surface area contributed by atoms with E-state index in [0.29, 0.717) is 31.6 Å². The molecule has 3 heterocycles. The SMILES string of the molecule is CN1CCCN(C(=O)CN2CCN(C(=O)c3cc(C(F)(F)F)cc(C(F)(F)F)c3)[C@H](Cc3c[nH]c4ccccc34)C2)CC1. The van der Waals surface area contributed by atoms with Crippen LogP contribution >= 0.6 is 0 Å². The van der Waals surface area contributed by atoms with Gasteiger partial charge in [0.15, 0.2) is 0 Å². The van der Waals surface area contributed by atoms with Gasteiger partial charge in [0.25, 0.3) is 5.91 Å². The second kappa shape index (κ2) is 12.2. The van der Waals surface area contributed by atoms with Gasteiger partial charge in [-0.05, 0) is 56.3 Å². The molecule has 2 amide bonds. The number of nitrogens with one attached hydrogen (secondary N) is 1. The monoisotopic (exact) mass is 609 g/mol. The number of rotatable bonds is 5. The summed E-state index contributed by atoms with van der Waals surface area (Å²) in [6.45, 7) is 3.52. The Hall–Kier alpha value is -3.58. The van der Waals surface area contributed by atoms with Crippen LogP contribution in [0.3, 0.4) is 0 Å². The molecule has 0 saturated carbocycles. The van der Waals surface area contributed by atoms with Crippen LogP contribution in [0.1, 0.15) is 33.5 Å². The van der Waals surface area contributed by atoms with Crippen molar-refractivity contribution in [1.82, 2.24) is 24.6 Å². The Balaban J connectivity index is 1.42. The Kier molecular flexibility index (Phi) is 8.75. The minimum atomic E-state index is -5.07. The van der Waals surface area contributed by atoms with Crippen LogP contribution in [0.15, 0.2) is 48.7 Å². The highest BCUT2D eigenvalue weighted by molar-refractivity contribution is 5.95. The number of H-pyrrole nitrogens is 1. The van der Waals surface area contributed by atoms with Crippen LogP contribution in [0.4, 0.5) is 26.3 Å². The lowest BCUT2D eigenvalue weighted by Gasteiger charge is -2.42. The highest BCUT2D eigenvalue weighted by atomic mass is 19.4. The fourth-order valence-corrected chi connectivity index (χ4v) is 5.89. The molecule has 1 N–H and O–H groups in total. The number of para-hydroxylation sites is 1. The zero-order valence-corrected chi connectivity index (χ0v) is 23.6. The Labute approximate surface area is 245 Å². The van der Waals surface area contributed by atoms with Gasteiger partial charge in [0, 0.05) is 68.0 Å². The number of fused-ring (bicyclic) bond motifs is 1. The van der Waals surface area contributed by atoms with E-state index in [1.807, 2.05) is 41.1 Å². The predicted octanol–water partition coefficient (Wildman–Crippen LogP) is 4.74. The predicted molar refractivity (Wildman–Crippen MR) is 148 cm³/mol. The maximum absolute atomic E-state index is 13.7. The van der Waals surface area contributed by atoms with E-state index in [4.69, 9.17) is 0 Å². The molecule has 0 spiro atoms. The van der Waals surface area contributed by atoms with E-state index in [-0.39, 0.29) is 38.2 Å². The summed E-state index contributed by atoms with van der Waals surface area (Å²) in [7, 11) is 2.00. The van der Waals surface area contributed by atoms with Gasteiger partial charge in [-0.15, -0.1) is 0 Å². The lowest BCUT2D eigenvalue weighted by molar-refractivity contribution is -0.143. The van der Waals surface area contributed by atoms with Gasteiger partial charge in [0.05, 0.1) is 17.7 Å². The van der Waals surface area contributed by atoms with Gasteiger partial charge >= 0.3 is 12.4 Å². The molecule has 2 aliphatic heterocycles. The maximum Gasteiger partial charge on any atom is 0.416 e. The van der Waals surface area contributed by atoms with Crippen LogP contribution in [-0.2, 0) is 23.6 Å². The van der Waals surface area contributed by atoms with Crippen molar-refractivity contribution >= 4 is 22.7 Å². The number of aromatic amines is 1. The summed E-state index contributed by atoms with van der Waals surface area (Å²) in [5, 5.41) is 0.898. The van der Waals surface area contributed by atoms with Crippen LogP contribution in [0.25, 0.3) is 10.9 Å². The molecule has 0 aliphatic carbocycles. The highest BCUT2D eigenvalue weighted by Gasteiger charge is 2.39. The van der Waals surface area contributed by atoms with Crippen molar-refractivity contribution in [2.24, 2.45) is 0 Å². The molecule has 5 rings (SSSR count). The molecular formula is C30H33F6N5O2. The normalized spacial score (nSPS) is 19.6. The summed E-state index contributed by atoms with van der Waals surface area (Å²) in [5.74, 6) is -0.961. The number of aromatic nitrogens is 1. The average Bonchev–Trinajstić information content (AvgIpc) is 3.22. The van der Waals surface area contributed by atoms with E-state index < -0.39 is 41.0 Å². The summed E-state index contributed by atoms with van der Waals surface area (Å²) in [6, 6.07) is 7.87. The van der Waals surface area contributed by atoms with Crippen molar-refractivity contribution in [3.63, 3.8) is 0 Å². The second-order valence-corrected chi connectivity index (χ2v) is 11.3. The summed E-state index contributed by atoms with van der Waals surface area (Å²) in [6.07, 6.45) is -7.20. The number of likely N-dealkylation sites (N-methyl/N-ethyl adjacent to an activating group) is 1. The van der Waals surface area contributed by atoms with Crippen LogP contribution in [0.5, 0.6) is 0 Å². The Bertz CT molecular complexity index is 1440. The van der Waals surface area contributed by atoms with Gasteiger partial charge in [-0.2, -0.15) is 26.3 Å². The summed E-state index contributed by atoms with van der Waals surface area (Å²) in [5.41, 5.74) is -2.04. The first-order valence-electron chi connectivity index (χ1n) is 14.1. The number of amides is 2. The standard InChI is InChI=1S/C30H33F6N5O2/c1-38-7-4-8-40(11-9-38)27(42)19-39-10-12-41(24(18-39)15-21-17-37-26-6-3-2-5-25(21)26)28(43)20-13-22(29(31,32)33)16-23(14-20)30(34,35)36/h2-3,5-6,13-14,16-17,24,37H,4,7-12,15,18-19H2,1H3/t24-/m1/s1. The topological polar surface area (TPSA) is 62.9 Å². The molecule has 2 aromatic carbocycles. The smallest absolute Gasteiger partial charge is 0.361 e. The molecule has 0 bridgehead atoms. The van der Waals surface area contributed by atoms with Crippen LogP contribution in [0, 0.1) is 0 Å². The fourth-order valence-electron chi connectivity index (χ4n) is 5.89. The van der Waals surface area contributed by atoms with Crippen molar-refractivity contribution in [1.29, 1.82) is 0 Å². The zero-order valence-electron chi connectivity index (χ0n) is 23.6. The van der Waals surface area contributed by atoms with E-state index >= 15 is 0 Å². The van der Waals surface area contributed by atoms with Crippen molar-refractivity contribution in [3.8, 4) is 0 Å². The van der Waals surface area contributed by atoms with E-state index in [9.17, 15) is 35.9 Å². The molecule has 2 fully saturated rings. The number of benzene rings is 2. The number of hydrogen-bond acceptors (Lipinski definition) is 4. The Morgan fingerprint density at radius 1 is 0.884 bits per heavy atom. The number of halogens is 6. The third-order valence-corrected chi connectivity index (χ3v) is 8.22. The number of piperazine rings is 1. The molecule has 0 unspecified atom stereocenters. The fraction of sp³-hybridized carbons (Fsp3) is 0.467. The van der Waals surface area contributed by atoms with Gasteiger partial charge in [-0.1, -0.05) is 18.2 Å². The summed E-state index contributed by atoms with van der Waals surface area (Å²) >= 11 is 0. The molecule has 0 radical (unpaired) electrons. The van der Waals surface area contributed by atoms with Gasteiger partial charge in [0.1, 0.15) is 0 Å². The first-order valence-corrected chi connectivity index (χ1v) is 14.1. The second-order valence-electron chi connectivity index (χ2n) is 11.3. The summed E-state index contributed by atoms with van der Waals surface area (Å²) < 4.78 is 81.3. The van der Waals surface area contributed by atoms with Crippen molar-refractivity contribution < 1.29 is 35.9 Å². The number of nitrogens with zero attached hydrogens (tertiary/aromatic N) is 4. The summed E-state index contributed by atoms with van der Waals surface area (Å²) in [4.78, 5) is 37.3. The minimum Gasteiger partial charge on any atom is -0.361 e. The third kappa shape index (κ3) is 7.15. The minimum absolute atomic E-state index is 0.0182. The largest absolute Gasteiger partial charge is 0.416 e. The number of carbonyl (C=O) groups is 2. The molecule has 2 aliphatic rings. The molecule has 13 heteroatoms. The van der Waals surface area contributed by atoms with Crippen LogP contribution in [-0.4, -0.2) is 102 Å². The van der Waals surface area contributed by atoms with Gasteiger partial charge < -0.3 is 19.7 Å². The van der Waals surface area contributed by atoms with E-state index in [2.05, 4.69) is 9.88 Å². The number of carbonyl (C=O) groups excluding carboxylic acids is 2. The Morgan fingerprint density at radius 3 is 2.28 bits per heavy atom. The molecule has 232 valence electrons. The highest BCUT2D eigenvalue weighted by Crippen LogP contribution is 2.37. The van der Waals surface area contributed by atoms with Crippen molar-refractivity contribution in [2.75, 3.05) is 59.4 Å². The van der Waals surface area contributed by atoms with Gasteiger partial charge in [0.2, 0.25) is 5.91 Å². The van der Waals surface area contributed by atoms with Crippen LogP contribution < -0.4 is 0 Å². The van der Waals surface area contributed by atoms with E-state index in [1.54, 1.807) is 6.20 Å². The molecule has 1 atom stereocenters. The van der Waals surface area contributed by atoms with Gasteiger partial charge in [-0.25, -0.2) is 0 Å². The molecular weight excluding hydrogens is 576 g/mol. The molecule has 2 saturated heterocycles. The lowest BCUT2D eigenvalue weighted by Crippen LogP contribution is -2.57. The number of alkyl halides is 6. The quantitative estimate of drug-likeness (QED) is 0.425. The van der Waals surface area contributed by atoms with Crippen molar-refractivity contribution in [3.05, 3.63) is 70.9 Å². The molecule has 1 aromatic heterocycles. The molecule has 3 aromatic rings. The average molecular weight is 610 g/mol. The van der Waals surface area contributed by atoms with Gasteiger partial charge in [-0.3, -0.25) is 14.5 Å². The zero-order chi connectivity index (χ0) is 30.9. The van der Waals surface area contributed by atoms with E-state index in [0.717, 1.165) is 36.0 Å². The Morgan fingerprint density at radius 2 is 1.58 bits per heavy atom.